The Morgan fingerprint density at radius 1 is 1.00 bits per heavy atom. The van der Waals surface area contributed by atoms with Crippen molar-refractivity contribution in [1.82, 2.24) is 5.32 Å². The van der Waals surface area contributed by atoms with E-state index in [1.54, 1.807) is 0 Å². The van der Waals surface area contributed by atoms with E-state index in [0.29, 0.717) is 0 Å². The minimum absolute atomic E-state index is 0.753. The number of hydrogen-bond donors (Lipinski definition) is 1. The van der Waals surface area contributed by atoms with Crippen molar-refractivity contribution >= 4 is 0 Å². The Morgan fingerprint density at radius 2 is 1.71 bits per heavy atom. The van der Waals surface area contributed by atoms with Gasteiger partial charge in [0.2, 0.25) is 0 Å². The van der Waals surface area contributed by atoms with Crippen LogP contribution in [0.25, 0.3) is 0 Å². The molecule has 1 aliphatic heterocycles. The molecule has 4 atom stereocenters. The summed E-state index contributed by atoms with van der Waals surface area (Å²) in [5.41, 5.74) is 0. The molecule has 0 radical (unpaired) electrons. The molecule has 0 aromatic rings. The van der Waals surface area contributed by atoms with Crippen molar-refractivity contribution in [2.75, 3.05) is 6.54 Å². The highest BCUT2D eigenvalue weighted by atomic mass is 15.0. The van der Waals surface area contributed by atoms with Crippen molar-refractivity contribution in [2.24, 2.45) is 17.8 Å². The minimum atomic E-state index is 0.753. The molecule has 2 aliphatic carbocycles. The summed E-state index contributed by atoms with van der Waals surface area (Å²) < 4.78 is 0. The molecule has 0 aromatic heterocycles. The molecule has 1 saturated carbocycles. The lowest BCUT2D eigenvalue weighted by molar-refractivity contribution is 0.424. The van der Waals surface area contributed by atoms with Crippen molar-refractivity contribution in [3.05, 3.63) is 12.2 Å². The van der Waals surface area contributed by atoms with E-state index in [-0.39, 0.29) is 0 Å². The minimum Gasteiger partial charge on any atom is -0.310 e. The number of rotatable bonds is 0. The molecule has 0 spiro atoms. The fourth-order valence-electron chi connectivity index (χ4n) is 2.65. The molecule has 0 aromatic carbocycles. The molecular weight excluding hydrogens is 170 g/mol. The third kappa shape index (κ3) is 2.20. The summed E-state index contributed by atoms with van der Waals surface area (Å²) in [6, 6.07) is 0.753. The van der Waals surface area contributed by atoms with Crippen LogP contribution in [0.4, 0.5) is 0 Å². The molecule has 1 nitrogen and oxygen atoms in total. The van der Waals surface area contributed by atoms with Gasteiger partial charge in [0, 0.05) is 6.04 Å². The molecule has 3 rings (SSSR count). The standard InChI is InChI=1S/C9H13N.2C2H6/c1-2-9-7(3-4-10-9)8-5-6(1)8;2*1-2/h1-2,6-10H,3-5H2;2*1-2H3/t6-,7?,8?,9?;;/m0../s1. The molecule has 0 amide bonds. The van der Waals surface area contributed by atoms with Crippen LogP contribution in [-0.2, 0) is 0 Å². The average molecular weight is 195 g/mol. The number of allylic oxidation sites excluding steroid dienone is 1. The Hall–Kier alpha value is -0.300. The van der Waals surface area contributed by atoms with Crippen molar-refractivity contribution in [3.63, 3.8) is 0 Å². The Morgan fingerprint density at radius 3 is 2.43 bits per heavy atom. The van der Waals surface area contributed by atoms with Crippen LogP contribution in [0, 0.1) is 17.8 Å². The first-order chi connectivity index (χ1) is 6.95. The molecule has 1 heteroatoms. The topological polar surface area (TPSA) is 12.0 Å². The predicted molar refractivity (Wildman–Crippen MR) is 63.3 cm³/mol. The molecule has 3 aliphatic rings. The molecule has 1 N–H and O–H groups in total. The van der Waals surface area contributed by atoms with Crippen LogP contribution >= 0.6 is 0 Å². The SMILES string of the molecule is C1=C[C@H]2CC2C2CCNC12.CC.CC. The van der Waals surface area contributed by atoms with Gasteiger partial charge in [-0.2, -0.15) is 0 Å². The van der Waals surface area contributed by atoms with Crippen LogP contribution in [-0.4, -0.2) is 12.6 Å². The van der Waals surface area contributed by atoms with Gasteiger partial charge < -0.3 is 5.32 Å². The lowest BCUT2D eigenvalue weighted by Gasteiger charge is -2.18. The number of nitrogens with one attached hydrogen (secondary N) is 1. The van der Waals surface area contributed by atoms with Crippen molar-refractivity contribution < 1.29 is 0 Å². The van der Waals surface area contributed by atoms with E-state index in [0.717, 1.165) is 23.8 Å². The van der Waals surface area contributed by atoms with E-state index in [1.165, 1.54) is 19.4 Å². The summed E-state index contributed by atoms with van der Waals surface area (Å²) in [6.45, 7) is 9.25. The largest absolute Gasteiger partial charge is 0.310 e. The Kier molecular flexibility index (Phi) is 4.67. The fraction of sp³-hybridized carbons (Fsp3) is 0.846. The maximum atomic E-state index is 3.53. The van der Waals surface area contributed by atoms with Gasteiger partial charge in [-0.15, -0.1) is 0 Å². The Bertz CT molecular complexity index is 186. The van der Waals surface area contributed by atoms with E-state index in [1.807, 2.05) is 27.7 Å². The molecule has 2 fully saturated rings. The van der Waals surface area contributed by atoms with Gasteiger partial charge in [0.25, 0.3) is 0 Å². The van der Waals surface area contributed by atoms with E-state index in [2.05, 4.69) is 17.5 Å². The maximum absolute atomic E-state index is 3.53. The van der Waals surface area contributed by atoms with Crippen molar-refractivity contribution in [1.29, 1.82) is 0 Å². The molecule has 1 saturated heterocycles. The van der Waals surface area contributed by atoms with Gasteiger partial charge in [-0.1, -0.05) is 39.8 Å². The Balaban J connectivity index is 0.000000222. The molecule has 82 valence electrons. The molecule has 0 bridgehead atoms. The van der Waals surface area contributed by atoms with Crippen LogP contribution < -0.4 is 5.32 Å². The zero-order valence-corrected chi connectivity index (χ0v) is 10.1. The summed E-state index contributed by atoms with van der Waals surface area (Å²) in [6.07, 6.45) is 7.73. The third-order valence-corrected chi connectivity index (χ3v) is 3.33. The first-order valence-corrected chi connectivity index (χ1v) is 6.37. The molecular formula is C13H25N. The second-order valence-corrected chi connectivity index (χ2v) is 3.88. The van der Waals surface area contributed by atoms with Gasteiger partial charge in [0.1, 0.15) is 0 Å². The van der Waals surface area contributed by atoms with Gasteiger partial charge in [0.05, 0.1) is 0 Å². The second-order valence-electron chi connectivity index (χ2n) is 3.88. The molecule has 3 unspecified atom stereocenters. The zero-order chi connectivity index (χ0) is 10.6. The van der Waals surface area contributed by atoms with Gasteiger partial charge >= 0.3 is 0 Å². The summed E-state index contributed by atoms with van der Waals surface area (Å²) in [4.78, 5) is 0. The highest BCUT2D eigenvalue weighted by Crippen LogP contribution is 2.51. The van der Waals surface area contributed by atoms with E-state index in [9.17, 15) is 0 Å². The highest BCUT2D eigenvalue weighted by Gasteiger charge is 2.47. The highest BCUT2D eigenvalue weighted by molar-refractivity contribution is 5.17. The second kappa shape index (κ2) is 5.55. The van der Waals surface area contributed by atoms with Gasteiger partial charge in [0.15, 0.2) is 0 Å². The lowest BCUT2D eigenvalue weighted by Crippen LogP contribution is -2.27. The fourth-order valence-corrected chi connectivity index (χ4v) is 2.65. The third-order valence-electron chi connectivity index (χ3n) is 3.33. The quantitative estimate of drug-likeness (QED) is 0.585. The van der Waals surface area contributed by atoms with E-state index < -0.39 is 0 Å². The van der Waals surface area contributed by atoms with E-state index in [4.69, 9.17) is 0 Å². The summed E-state index contributed by atoms with van der Waals surface area (Å²) in [5, 5.41) is 3.53. The smallest absolute Gasteiger partial charge is 0.0281 e. The van der Waals surface area contributed by atoms with Crippen molar-refractivity contribution in [2.45, 2.75) is 46.6 Å². The normalized spacial score (nSPS) is 40.9. The predicted octanol–water partition coefficient (Wildman–Crippen LogP) is 3.22. The summed E-state index contributed by atoms with van der Waals surface area (Å²) in [5.74, 6) is 3.07. The summed E-state index contributed by atoms with van der Waals surface area (Å²) >= 11 is 0. The van der Waals surface area contributed by atoms with Gasteiger partial charge in [-0.05, 0) is 37.1 Å². The van der Waals surface area contributed by atoms with Gasteiger partial charge in [-0.25, -0.2) is 0 Å². The first-order valence-electron chi connectivity index (χ1n) is 6.37. The van der Waals surface area contributed by atoms with Crippen molar-refractivity contribution in [3.8, 4) is 0 Å². The van der Waals surface area contributed by atoms with Crippen LogP contribution in [0.3, 0.4) is 0 Å². The lowest BCUT2D eigenvalue weighted by atomic mass is 9.90. The number of fused-ring (bicyclic) bond motifs is 3. The molecule has 14 heavy (non-hydrogen) atoms. The maximum Gasteiger partial charge on any atom is 0.0281 e. The van der Waals surface area contributed by atoms with Crippen LogP contribution in [0.5, 0.6) is 0 Å². The zero-order valence-electron chi connectivity index (χ0n) is 10.1. The number of hydrogen-bond acceptors (Lipinski definition) is 1. The average Bonchev–Trinajstić information content (AvgIpc) is 2.93. The van der Waals surface area contributed by atoms with Gasteiger partial charge in [-0.3, -0.25) is 0 Å². The van der Waals surface area contributed by atoms with Crippen LogP contribution in [0.15, 0.2) is 12.2 Å². The summed E-state index contributed by atoms with van der Waals surface area (Å²) in [7, 11) is 0. The van der Waals surface area contributed by atoms with Crippen LogP contribution in [0.1, 0.15) is 40.5 Å². The molecule has 1 heterocycles. The Labute approximate surface area is 89.0 Å². The van der Waals surface area contributed by atoms with E-state index >= 15 is 0 Å². The van der Waals surface area contributed by atoms with Crippen LogP contribution in [0.2, 0.25) is 0 Å². The first kappa shape index (κ1) is 11.8. The monoisotopic (exact) mass is 195 g/mol.